The van der Waals surface area contributed by atoms with E-state index >= 15 is 0 Å². The molecular formula is C16H20N2O. The Kier molecular flexibility index (Phi) is 4.53. The Bertz CT molecular complexity index is 524. The van der Waals surface area contributed by atoms with Crippen LogP contribution in [0.3, 0.4) is 0 Å². The van der Waals surface area contributed by atoms with E-state index in [0.717, 1.165) is 23.4 Å². The molecule has 0 bridgehead atoms. The summed E-state index contributed by atoms with van der Waals surface area (Å²) in [5.74, 6) is 0.880. The maximum atomic E-state index is 5.96. The predicted molar refractivity (Wildman–Crippen MR) is 77.2 cm³/mol. The smallest absolute Gasteiger partial charge is 0.124 e. The van der Waals surface area contributed by atoms with Crippen LogP contribution in [0.15, 0.2) is 42.6 Å². The van der Waals surface area contributed by atoms with Crippen molar-refractivity contribution in [2.75, 3.05) is 6.61 Å². The van der Waals surface area contributed by atoms with Crippen LogP contribution in [-0.4, -0.2) is 11.6 Å². The summed E-state index contributed by atoms with van der Waals surface area (Å²) in [4.78, 5) is 4.28. The van der Waals surface area contributed by atoms with Crippen molar-refractivity contribution in [3.05, 3.63) is 59.4 Å². The third-order valence-electron chi connectivity index (χ3n) is 3.00. The Morgan fingerprint density at radius 1 is 1.26 bits per heavy atom. The van der Waals surface area contributed by atoms with Gasteiger partial charge < -0.3 is 10.5 Å². The molecule has 2 aromatic rings. The molecule has 0 saturated carbocycles. The van der Waals surface area contributed by atoms with Gasteiger partial charge in [0.15, 0.2) is 0 Å². The molecule has 0 fully saturated rings. The van der Waals surface area contributed by atoms with Gasteiger partial charge in [0.1, 0.15) is 5.75 Å². The molecule has 19 heavy (non-hydrogen) atoms. The van der Waals surface area contributed by atoms with Crippen molar-refractivity contribution in [1.29, 1.82) is 0 Å². The van der Waals surface area contributed by atoms with Gasteiger partial charge in [-0.3, -0.25) is 4.98 Å². The van der Waals surface area contributed by atoms with Crippen LogP contribution in [0.25, 0.3) is 0 Å². The van der Waals surface area contributed by atoms with Gasteiger partial charge in [-0.25, -0.2) is 0 Å². The van der Waals surface area contributed by atoms with Crippen LogP contribution in [0.4, 0.5) is 0 Å². The van der Waals surface area contributed by atoms with E-state index in [1.165, 1.54) is 5.56 Å². The lowest BCUT2D eigenvalue weighted by molar-refractivity contribution is 0.315. The lowest BCUT2D eigenvalue weighted by Crippen LogP contribution is -2.10. The molecule has 2 N–H and O–H groups in total. The lowest BCUT2D eigenvalue weighted by Gasteiger charge is -2.14. The molecule has 0 spiro atoms. The predicted octanol–water partition coefficient (Wildman–Crippen LogP) is 3.03. The standard InChI is InChI=1S/C16H20N2O/c1-12-6-7-15(13(2)17)16(11-12)19-10-8-14-5-3-4-9-18-14/h3-7,9,11,13H,8,10,17H2,1-2H3/t13-/m0/s1. The van der Waals surface area contributed by atoms with E-state index in [1.54, 1.807) is 6.20 Å². The van der Waals surface area contributed by atoms with E-state index in [0.29, 0.717) is 6.61 Å². The summed E-state index contributed by atoms with van der Waals surface area (Å²) in [5.41, 5.74) is 9.22. The number of rotatable bonds is 5. The maximum Gasteiger partial charge on any atom is 0.124 e. The highest BCUT2D eigenvalue weighted by Crippen LogP contribution is 2.25. The van der Waals surface area contributed by atoms with Gasteiger partial charge in [-0.2, -0.15) is 0 Å². The first kappa shape index (κ1) is 13.6. The number of aryl methyl sites for hydroxylation is 1. The molecule has 1 aromatic carbocycles. The first-order valence-electron chi connectivity index (χ1n) is 6.55. The number of pyridine rings is 1. The summed E-state index contributed by atoms with van der Waals surface area (Å²) in [5, 5.41) is 0. The Balaban J connectivity index is 2.01. The van der Waals surface area contributed by atoms with Gasteiger partial charge in [-0.05, 0) is 37.6 Å². The Hall–Kier alpha value is -1.87. The van der Waals surface area contributed by atoms with Crippen LogP contribution in [-0.2, 0) is 6.42 Å². The first-order chi connectivity index (χ1) is 9.16. The molecule has 1 heterocycles. The molecule has 0 unspecified atom stereocenters. The molecule has 100 valence electrons. The van der Waals surface area contributed by atoms with E-state index in [2.05, 4.69) is 18.0 Å². The molecule has 0 radical (unpaired) electrons. The second-order valence-electron chi connectivity index (χ2n) is 4.75. The van der Waals surface area contributed by atoms with Crippen molar-refractivity contribution in [2.24, 2.45) is 5.73 Å². The molecule has 3 heteroatoms. The fourth-order valence-corrected chi connectivity index (χ4v) is 1.95. The zero-order chi connectivity index (χ0) is 13.7. The average molecular weight is 256 g/mol. The minimum absolute atomic E-state index is 0.0227. The van der Waals surface area contributed by atoms with Crippen molar-refractivity contribution in [3.63, 3.8) is 0 Å². The summed E-state index contributed by atoms with van der Waals surface area (Å²) < 4.78 is 5.86. The molecular weight excluding hydrogens is 236 g/mol. The van der Waals surface area contributed by atoms with E-state index in [1.807, 2.05) is 37.3 Å². The Morgan fingerprint density at radius 2 is 2.11 bits per heavy atom. The zero-order valence-electron chi connectivity index (χ0n) is 11.5. The van der Waals surface area contributed by atoms with Gasteiger partial charge in [-0.15, -0.1) is 0 Å². The van der Waals surface area contributed by atoms with Crippen LogP contribution in [0.2, 0.25) is 0 Å². The number of nitrogens with two attached hydrogens (primary N) is 1. The molecule has 0 saturated heterocycles. The molecule has 1 atom stereocenters. The quantitative estimate of drug-likeness (QED) is 0.894. The fourth-order valence-electron chi connectivity index (χ4n) is 1.95. The molecule has 2 rings (SSSR count). The van der Waals surface area contributed by atoms with Gasteiger partial charge >= 0.3 is 0 Å². The van der Waals surface area contributed by atoms with Gasteiger partial charge in [0.05, 0.1) is 6.61 Å². The first-order valence-corrected chi connectivity index (χ1v) is 6.55. The van der Waals surface area contributed by atoms with Gasteiger partial charge in [-0.1, -0.05) is 18.2 Å². The summed E-state index contributed by atoms with van der Waals surface area (Å²) >= 11 is 0. The van der Waals surface area contributed by atoms with Gasteiger partial charge in [0.25, 0.3) is 0 Å². The number of aromatic nitrogens is 1. The topological polar surface area (TPSA) is 48.1 Å². The molecule has 3 nitrogen and oxygen atoms in total. The second kappa shape index (κ2) is 6.34. The molecule has 0 amide bonds. The van der Waals surface area contributed by atoms with Gasteiger partial charge in [0, 0.05) is 29.9 Å². The van der Waals surface area contributed by atoms with Crippen molar-refractivity contribution in [2.45, 2.75) is 26.3 Å². The molecule has 0 aliphatic heterocycles. The zero-order valence-corrected chi connectivity index (χ0v) is 11.5. The monoisotopic (exact) mass is 256 g/mol. The van der Waals surface area contributed by atoms with E-state index in [4.69, 9.17) is 10.5 Å². The minimum atomic E-state index is -0.0227. The molecule has 0 aliphatic carbocycles. The van der Waals surface area contributed by atoms with Crippen LogP contribution in [0, 0.1) is 6.92 Å². The van der Waals surface area contributed by atoms with Crippen LogP contribution in [0.5, 0.6) is 5.75 Å². The minimum Gasteiger partial charge on any atom is -0.493 e. The fraction of sp³-hybridized carbons (Fsp3) is 0.312. The van der Waals surface area contributed by atoms with E-state index < -0.39 is 0 Å². The summed E-state index contributed by atoms with van der Waals surface area (Å²) in [6.45, 7) is 4.63. The van der Waals surface area contributed by atoms with Crippen molar-refractivity contribution in [1.82, 2.24) is 4.98 Å². The van der Waals surface area contributed by atoms with Crippen molar-refractivity contribution >= 4 is 0 Å². The number of hydrogen-bond acceptors (Lipinski definition) is 3. The van der Waals surface area contributed by atoms with Crippen LogP contribution >= 0.6 is 0 Å². The van der Waals surface area contributed by atoms with Crippen LogP contribution < -0.4 is 10.5 Å². The highest BCUT2D eigenvalue weighted by molar-refractivity contribution is 5.38. The summed E-state index contributed by atoms with van der Waals surface area (Å²) in [6, 6.07) is 12.0. The number of hydrogen-bond donors (Lipinski definition) is 1. The normalized spacial score (nSPS) is 12.2. The Morgan fingerprint density at radius 3 is 2.79 bits per heavy atom. The number of ether oxygens (including phenoxy) is 1. The summed E-state index contributed by atoms with van der Waals surface area (Å²) in [6.07, 6.45) is 2.60. The highest BCUT2D eigenvalue weighted by atomic mass is 16.5. The maximum absolute atomic E-state index is 5.96. The van der Waals surface area contributed by atoms with E-state index in [-0.39, 0.29) is 6.04 Å². The molecule has 1 aromatic heterocycles. The van der Waals surface area contributed by atoms with Gasteiger partial charge in [0.2, 0.25) is 0 Å². The summed E-state index contributed by atoms with van der Waals surface area (Å²) in [7, 11) is 0. The number of nitrogens with zero attached hydrogens (tertiary/aromatic N) is 1. The van der Waals surface area contributed by atoms with Crippen molar-refractivity contribution < 1.29 is 4.74 Å². The average Bonchev–Trinajstić information content (AvgIpc) is 2.39. The second-order valence-corrected chi connectivity index (χ2v) is 4.75. The lowest BCUT2D eigenvalue weighted by atomic mass is 10.1. The van der Waals surface area contributed by atoms with Crippen LogP contribution in [0.1, 0.15) is 29.8 Å². The third-order valence-corrected chi connectivity index (χ3v) is 3.00. The van der Waals surface area contributed by atoms with E-state index in [9.17, 15) is 0 Å². The van der Waals surface area contributed by atoms with Crippen molar-refractivity contribution in [3.8, 4) is 5.75 Å². The largest absolute Gasteiger partial charge is 0.493 e. The SMILES string of the molecule is Cc1ccc([C@H](C)N)c(OCCc2ccccn2)c1. The highest BCUT2D eigenvalue weighted by Gasteiger charge is 2.08. The third kappa shape index (κ3) is 3.80. The number of benzene rings is 1. The Labute approximate surface area is 114 Å². The molecule has 0 aliphatic rings.